The minimum absolute atomic E-state index is 0.0848. The molecule has 0 aliphatic carbocycles. The van der Waals surface area contributed by atoms with Gasteiger partial charge in [0.2, 0.25) is 5.88 Å². The van der Waals surface area contributed by atoms with Crippen molar-refractivity contribution in [1.82, 2.24) is 14.5 Å². The fraction of sp³-hybridized carbons (Fsp3) is 0.286. The van der Waals surface area contributed by atoms with Gasteiger partial charge in [-0.2, -0.15) is 18.2 Å². The van der Waals surface area contributed by atoms with E-state index >= 15 is 0 Å². The lowest BCUT2D eigenvalue weighted by Gasteiger charge is -2.25. The molecule has 5 rings (SSSR count). The van der Waals surface area contributed by atoms with Crippen molar-refractivity contribution in [3.63, 3.8) is 0 Å². The maximum atomic E-state index is 12.5. The molecule has 0 spiro atoms. The minimum Gasteiger partial charge on any atom is -0.478 e. The monoisotopic (exact) mass is 479 g/mol. The molecule has 172 valence electrons. The van der Waals surface area contributed by atoms with Gasteiger partial charge in [-0.1, -0.05) is 0 Å². The molecule has 0 radical (unpaired) electrons. The molecule has 0 saturated heterocycles. The summed E-state index contributed by atoms with van der Waals surface area (Å²) in [6, 6.07) is 9.69. The first kappa shape index (κ1) is 21.4. The number of pyridine rings is 1. The lowest BCUT2D eigenvalue weighted by atomic mass is 9.97. The van der Waals surface area contributed by atoms with Gasteiger partial charge in [0.15, 0.2) is 23.9 Å². The van der Waals surface area contributed by atoms with Crippen molar-refractivity contribution < 1.29 is 31.6 Å². The molecule has 1 unspecified atom stereocenters. The van der Waals surface area contributed by atoms with Crippen molar-refractivity contribution in [1.29, 1.82) is 0 Å². The molecule has 2 aliphatic heterocycles. The van der Waals surface area contributed by atoms with E-state index in [4.69, 9.17) is 18.4 Å². The molecule has 0 bridgehead atoms. The molecular weight excluding hydrogens is 463 g/mol. The van der Waals surface area contributed by atoms with Gasteiger partial charge in [0, 0.05) is 24.4 Å². The van der Waals surface area contributed by atoms with Crippen LogP contribution in [0.4, 0.5) is 13.2 Å². The summed E-state index contributed by atoms with van der Waals surface area (Å²) in [6.45, 7) is 0.668. The molecule has 33 heavy (non-hydrogen) atoms. The Labute approximate surface area is 189 Å². The maximum Gasteiger partial charge on any atom is 0.479 e. The molecule has 2 aromatic heterocycles. The summed E-state index contributed by atoms with van der Waals surface area (Å²) in [5, 5.41) is 0. The van der Waals surface area contributed by atoms with Crippen LogP contribution in [0.25, 0.3) is 11.3 Å². The van der Waals surface area contributed by atoms with E-state index in [2.05, 4.69) is 9.97 Å². The largest absolute Gasteiger partial charge is 0.479 e. The second-order valence-corrected chi connectivity index (χ2v) is 8.06. The van der Waals surface area contributed by atoms with Crippen LogP contribution in [0.3, 0.4) is 0 Å². The van der Waals surface area contributed by atoms with Crippen molar-refractivity contribution in [2.45, 2.75) is 24.6 Å². The molecule has 2 aliphatic rings. The highest BCUT2D eigenvalue weighted by molar-refractivity contribution is 7.95. The number of hydrogen-bond donors (Lipinski definition) is 0. The van der Waals surface area contributed by atoms with Gasteiger partial charge in [0.1, 0.15) is 19.0 Å². The SMILES string of the molecule is O=c1nc(OCC2COc3ncccc3O2)cc2n1CCc1cc(OSC(F)(F)F)ccc1-2. The van der Waals surface area contributed by atoms with Crippen LogP contribution in [-0.2, 0) is 13.0 Å². The van der Waals surface area contributed by atoms with Crippen LogP contribution in [-0.4, -0.2) is 39.4 Å². The topological polar surface area (TPSA) is 84.7 Å². The van der Waals surface area contributed by atoms with Crippen LogP contribution in [0.1, 0.15) is 5.56 Å². The number of ether oxygens (including phenoxy) is 3. The molecule has 0 amide bonds. The molecule has 0 N–H and O–H groups in total. The fourth-order valence-electron chi connectivity index (χ4n) is 3.62. The smallest absolute Gasteiger partial charge is 0.478 e. The molecule has 12 heteroatoms. The van der Waals surface area contributed by atoms with Crippen molar-refractivity contribution >= 4 is 12.0 Å². The zero-order valence-corrected chi connectivity index (χ0v) is 17.7. The van der Waals surface area contributed by atoms with Crippen LogP contribution in [0.2, 0.25) is 0 Å². The van der Waals surface area contributed by atoms with Crippen LogP contribution >= 0.6 is 12.0 Å². The first-order valence-corrected chi connectivity index (χ1v) is 10.6. The van der Waals surface area contributed by atoms with E-state index in [1.807, 2.05) is 0 Å². The van der Waals surface area contributed by atoms with E-state index in [0.717, 1.165) is 5.56 Å². The summed E-state index contributed by atoms with van der Waals surface area (Å²) < 4.78 is 60.5. The van der Waals surface area contributed by atoms with Gasteiger partial charge in [-0.05, 0) is 42.3 Å². The highest BCUT2D eigenvalue weighted by atomic mass is 32.2. The minimum atomic E-state index is -4.50. The lowest BCUT2D eigenvalue weighted by Crippen LogP contribution is -2.35. The van der Waals surface area contributed by atoms with Gasteiger partial charge in [0.05, 0.1) is 5.69 Å². The van der Waals surface area contributed by atoms with Gasteiger partial charge in [-0.25, -0.2) is 9.78 Å². The lowest BCUT2D eigenvalue weighted by molar-refractivity contribution is -0.0369. The Hall–Kier alpha value is -3.41. The number of nitrogens with zero attached hydrogens (tertiary/aromatic N) is 3. The molecule has 4 heterocycles. The summed E-state index contributed by atoms with van der Waals surface area (Å²) in [4.78, 5) is 20.6. The Morgan fingerprint density at radius 1 is 1.24 bits per heavy atom. The Morgan fingerprint density at radius 3 is 2.97 bits per heavy atom. The summed E-state index contributed by atoms with van der Waals surface area (Å²) in [5.74, 6) is 1.12. The third-order valence-corrected chi connectivity index (χ3v) is 5.50. The molecule has 3 aromatic rings. The zero-order valence-electron chi connectivity index (χ0n) is 16.9. The normalized spacial score (nSPS) is 16.5. The van der Waals surface area contributed by atoms with Crippen molar-refractivity contribution in [3.05, 3.63) is 58.6 Å². The van der Waals surface area contributed by atoms with Gasteiger partial charge in [0.25, 0.3) is 5.88 Å². The second-order valence-electron chi connectivity index (χ2n) is 7.26. The van der Waals surface area contributed by atoms with E-state index in [0.29, 0.717) is 35.9 Å². The number of aryl methyl sites for hydroxylation is 1. The first-order valence-electron chi connectivity index (χ1n) is 9.90. The number of aromatic nitrogens is 3. The summed E-state index contributed by atoms with van der Waals surface area (Å²) >= 11 is -0.567. The highest BCUT2D eigenvalue weighted by Gasteiger charge is 2.32. The summed E-state index contributed by atoms with van der Waals surface area (Å²) in [7, 11) is 0. The highest BCUT2D eigenvalue weighted by Crippen LogP contribution is 2.36. The average molecular weight is 479 g/mol. The van der Waals surface area contributed by atoms with E-state index < -0.39 is 29.3 Å². The second kappa shape index (κ2) is 8.50. The fourth-order valence-corrected chi connectivity index (χ4v) is 3.92. The number of hydrogen-bond acceptors (Lipinski definition) is 8. The van der Waals surface area contributed by atoms with Crippen LogP contribution in [0.15, 0.2) is 47.4 Å². The van der Waals surface area contributed by atoms with E-state index in [1.165, 1.54) is 10.6 Å². The third-order valence-electron chi connectivity index (χ3n) is 5.03. The van der Waals surface area contributed by atoms with Gasteiger partial charge >= 0.3 is 11.2 Å². The number of benzene rings is 1. The molecule has 0 saturated carbocycles. The quantitative estimate of drug-likeness (QED) is 0.513. The molecule has 1 aromatic carbocycles. The van der Waals surface area contributed by atoms with Crippen LogP contribution in [0.5, 0.6) is 23.3 Å². The van der Waals surface area contributed by atoms with Gasteiger partial charge in [-0.3, -0.25) is 4.57 Å². The third kappa shape index (κ3) is 4.70. The Morgan fingerprint density at radius 2 is 2.12 bits per heavy atom. The number of alkyl halides is 3. The first-order chi connectivity index (χ1) is 15.9. The van der Waals surface area contributed by atoms with E-state index in [-0.39, 0.29) is 24.8 Å². The van der Waals surface area contributed by atoms with Crippen molar-refractivity contribution in [2.24, 2.45) is 0 Å². The maximum absolute atomic E-state index is 12.5. The number of halogens is 3. The van der Waals surface area contributed by atoms with E-state index in [9.17, 15) is 18.0 Å². The van der Waals surface area contributed by atoms with Crippen LogP contribution in [0, 0.1) is 0 Å². The Bertz CT molecular complexity index is 1250. The molecular formula is C21H16F3N3O5S. The molecule has 1 atom stereocenters. The number of rotatable bonds is 5. The zero-order chi connectivity index (χ0) is 23.0. The predicted molar refractivity (Wildman–Crippen MR) is 112 cm³/mol. The summed E-state index contributed by atoms with van der Waals surface area (Å²) in [6.07, 6.45) is 1.64. The molecule has 0 fully saturated rings. The predicted octanol–water partition coefficient (Wildman–Crippen LogP) is 3.63. The Kier molecular flexibility index (Phi) is 5.52. The number of fused-ring (bicyclic) bond motifs is 4. The van der Waals surface area contributed by atoms with Gasteiger partial charge < -0.3 is 18.4 Å². The van der Waals surface area contributed by atoms with E-state index in [1.54, 1.807) is 36.5 Å². The van der Waals surface area contributed by atoms with Crippen molar-refractivity contribution in [2.75, 3.05) is 13.2 Å². The van der Waals surface area contributed by atoms with Crippen molar-refractivity contribution in [3.8, 4) is 34.5 Å². The Balaban J connectivity index is 1.33. The average Bonchev–Trinajstić information content (AvgIpc) is 2.80. The van der Waals surface area contributed by atoms with Gasteiger partial charge in [-0.15, -0.1) is 0 Å². The van der Waals surface area contributed by atoms with Crippen LogP contribution < -0.4 is 24.1 Å². The molecule has 8 nitrogen and oxygen atoms in total. The standard InChI is InChI=1S/C21H16F3N3O5S/c22-21(23,24)33-32-13-3-4-15-12(8-13)5-7-27-16(15)9-18(26-20(27)28)29-10-14-11-30-19-17(31-14)2-1-6-25-19/h1-4,6,8-9,14H,5,7,10-11H2. The summed E-state index contributed by atoms with van der Waals surface area (Å²) in [5.41, 5.74) is -2.94.